The lowest BCUT2D eigenvalue weighted by molar-refractivity contribution is -0.120. The van der Waals surface area contributed by atoms with Crippen LogP contribution in [0.1, 0.15) is 33.1 Å². The van der Waals surface area contributed by atoms with E-state index in [0.29, 0.717) is 19.5 Å². The molecular formula is C17H24N2O4S. The molecule has 0 aromatic heterocycles. The van der Waals surface area contributed by atoms with E-state index in [1.165, 1.54) is 22.5 Å². The van der Waals surface area contributed by atoms with Crippen molar-refractivity contribution in [2.75, 3.05) is 18.4 Å². The molecule has 0 aliphatic heterocycles. The quantitative estimate of drug-likeness (QED) is 0.609. The molecule has 0 saturated carbocycles. The number of benzene rings is 1. The Balaban J connectivity index is 2.25. The summed E-state index contributed by atoms with van der Waals surface area (Å²) in [5.74, 6) is -0.502. The number of allylic oxidation sites excluding steroid dienone is 2. The average Bonchev–Trinajstić information content (AvgIpc) is 2.58. The molecule has 132 valence electrons. The zero-order valence-electron chi connectivity index (χ0n) is 14.0. The number of rotatable bonds is 6. The first-order valence-electron chi connectivity index (χ1n) is 8.19. The fourth-order valence-corrected chi connectivity index (χ4v) is 4.24. The van der Waals surface area contributed by atoms with Crippen LogP contribution in [0.3, 0.4) is 0 Å². The van der Waals surface area contributed by atoms with Gasteiger partial charge in [-0.1, -0.05) is 26.0 Å². The number of nitrogens with one attached hydrogen (secondary N) is 1. The molecule has 0 heterocycles. The number of carbonyl (C=O) groups excluding carboxylic acids is 1. The van der Waals surface area contributed by atoms with Gasteiger partial charge in [0.15, 0.2) is 0 Å². The van der Waals surface area contributed by atoms with Crippen LogP contribution in [0, 0.1) is 5.92 Å². The second-order valence-corrected chi connectivity index (χ2v) is 7.68. The first kappa shape index (κ1) is 18.5. The summed E-state index contributed by atoms with van der Waals surface area (Å²) in [6.07, 6.45) is 6.26. The maximum Gasteiger partial charge on any atom is 0.243 e. The molecule has 1 aliphatic rings. The van der Waals surface area contributed by atoms with Gasteiger partial charge in [-0.3, -0.25) is 4.79 Å². The molecule has 2 rings (SSSR count). The Morgan fingerprint density at radius 3 is 2.58 bits per heavy atom. The van der Waals surface area contributed by atoms with Gasteiger partial charge in [-0.25, -0.2) is 8.42 Å². The van der Waals surface area contributed by atoms with Crippen molar-refractivity contribution in [1.82, 2.24) is 4.31 Å². The Hall–Kier alpha value is -1.86. The summed E-state index contributed by atoms with van der Waals surface area (Å²) < 4.78 is 26.5. The van der Waals surface area contributed by atoms with Gasteiger partial charge in [0, 0.05) is 19.0 Å². The minimum atomic E-state index is -3.64. The summed E-state index contributed by atoms with van der Waals surface area (Å²) in [5, 5.41) is 12.6. The topological polar surface area (TPSA) is 86.7 Å². The highest BCUT2D eigenvalue weighted by atomic mass is 32.2. The van der Waals surface area contributed by atoms with E-state index in [2.05, 4.69) is 5.32 Å². The SMILES string of the molecule is CCN(CC)S(=O)(=O)c1ccc(O)c(NC(=O)[C@@H]2CC=CCC2)c1. The van der Waals surface area contributed by atoms with Crippen molar-refractivity contribution in [2.24, 2.45) is 5.92 Å². The second kappa shape index (κ2) is 7.81. The molecule has 0 spiro atoms. The molecule has 6 nitrogen and oxygen atoms in total. The maximum atomic E-state index is 12.6. The number of sulfonamides is 1. The van der Waals surface area contributed by atoms with Crippen LogP contribution in [-0.4, -0.2) is 36.8 Å². The van der Waals surface area contributed by atoms with Crippen molar-refractivity contribution in [2.45, 2.75) is 38.0 Å². The Bertz CT molecular complexity index is 724. The summed E-state index contributed by atoms with van der Waals surface area (Å²) in [6.45, 7) is 4.24. The summed E-state index contributed by atoms with van der Waals surface area (Å²) >= 11 is 0. The largest absolute Gasteiger partial charge is 0.506 e. The predicted molar refractivity (Wildman–Crippen MR) is 93.3 cm³/mol. The molecule has 2 N–H and O–H groups in total. The smallest absolute Gasteiger partial charge is 0.243 e. The van der Waals surface area contributed by atoms with E-state index in [0.717, 1.165) is 12.8 Å². The van der Waals surface area contributed by atoms with Crippen LogP contribution in [0.2, 0.25) is 0 Å². The lowest BCUT2D eigenvalue weighted by Crippen LogP contribution is -2.30. The van der Waals surface area contributed by atoms with E-state index in [4.69, 9.17) is 0 Å². The van der Waals surface area contributed by atoms with Crippen LogP contribution in [0.4, 0.5) is 5.69 Å². The fraction of sp³-hybridized carbons (Fsp3) is 0.471. The van der Waals surface area contributed by atoms with Gasteiger partial charge in [0.2, 0.25) is 15.9 Å². The second-order valence-electron chi connectivity index (χ2n) is 5.74. The molecule has 1 atom stereocenters. The minimum absolute atomic E-state index is 0.0582. The number of aromatic hydroxyl groups is 1. The summed E-state index contributed by atoms with van der Waals surface area (Å²) in [7, 11) is -3.64. The third-order valence-corrected chi connectivity index (χ3v) is 6.25. The minimum Gasteiger partial charge on any atom is -0.506 e. The van der Waals surface area contributed by atoms with Crippen LogP contribution in [-0.2, 0) is 14.8 Å². The molecule has 0 saturated heterocycles. The van der Waals surface area contributed by atoms with Crippen LogP contribution in [0.25, 0.3) is 0 Å². The van der Waals surface area contributed by atoms with Gasteiger partial charge in [-0.2, -0.15) is 4.31 Å². The van der Waals surface area contributed by atoms with E-state index in [-0.39, 0.29) is 28.2 Å². The molecule has 0 unspecified atom stereocenters. The van der Waals surface area contributed by atoms with Crippen molar-refractivity contribution in [1.29, 1.82) is 0 Å². The van der Waals surface area contributed by atoms with E-state index in [1.807, 2.05) is 12.2 Å². The van der Waals surface area contributed by atoms with E-state index in [1.54, 1.807) is 13.8 Å². The fourth-order valence-electron chi connectivity index (χ4n) is 2.75. The van der Waals surface area contributed by atoms with Gasteiger partial charge in [-0.15, -0.1) is 0 Å². The average molecular weight is 352 g/mol. The normalized spacial score (nSPS) is 17.9. The zero-order chi connectivity index (χ0) is 17.7. The number of hydrogen-bond acceptors (Lipinski definition) is 4. The van der Waals surface area contributed by atoms with Crippen LogP contribution in [0.5, 0.6) is 5.75 Å². The number of phenols is 1. The predicted octanol–water partition coefficient (Wildman–Crippen LogP) is 2.72. The van der Waals surface area contributed by atoms with Gasteiger partial charge >= 0.3 is 0 Å². The van der Waals surface area contributed by atoms with Crippen LogP contribution < -0.4 is 5.32 Å². The Kier molecular flexibility index (Phi) is 6.01. The molecule has 1 aromatic rings. The Morgan fingerprint density at radius 1 is 1.29 bits per heavy atom. The standard InChI is InChI=1S/C17H24N2O4S/c1-3-19(4-2)24(22,23)14-10-11-16(20)15(12-14)18-17(21)13-8-6-5-7-9-13/h5-6,10-13,20H,3-4,7-9H2,1-2H3,(H,18,21)/t13-/m1/s1. The third-order valence-electron chi connectivity index (χ3n) is 4.21. The highest BCUT2D eigenvalue weighted by molar-refractivity contribution is 7.89. The molecule has 1 aromatic carbocycles. The zero-order valence-corrected chi connectivity index (χ0v) is 14.8. The van der Waals surface area contributed by atoms with Crippen molar-refractivity contribution >= 4 is 21.6 Å². The van der Waals surface area contributed by atoms with E-state index in [9.17, 15) is 18.3 Å². The molecule has 0 bridgehead atoms. The Labute approximate surface area is 143 Å². The van der Waals surface area contributed by atoms with Crippen molar-refractivity contribution < 1.29 is 18.3 Å². The molecule has 1 amide bonds. The summed E-state index contributed by atoms with van der Waals surface area (Å²) in [6, 6.07) is 3.97. The summed E-state index contributed by atoms with van der Waals surface area (Å²) in [4.78, 5) is 12.4. The first-order valence-corrected chi connectivity index (χ1v) is 9.63. The molecule has 1 aliphatic carbocycles. The molecule has 0 fully saturated rings. The molecule has 24 heavy (non-hydrogen) atoms. The third kappa shape index (κ3) is 3.96. The van der Waals surface area contributed by atoms with Crippen molar-refractivity contribution in [3.63, 3.8) is 0 Å². The highest BCUT2D eigenvalue weighted by Crippen LogP contribution is 2.29. The number of carbonyl (C=O) groups is 1. The van der Waals surface area contributed by atoms with Crippen LogP contribution >= 0.6 is 0 Å². The first-order chi connectivity index (χ1) is 11.4. The van der Waals surface area contributed by atoms with Gasteiger partial charge in [0.05, 0.1) is 10.6 Å². The number of amides is 1. The molecule has 0 radical (unpaired) electrons. The Morgan fingerprint density at radius 2 is 2.00 bits per heavy atom. The molecular weight excluding hydrogens is 328 g/mol. The summed E-state index contributed by atoms with van der Waals surface area (Å²) in [5.41, 5.74) is 0.128. The lowest BCUT2D eigenvalue weighted by atomic mass is 9.93. The number of phenolic OH excluding ortho intramolecular Hbond substituents is 1. The van der Waals surface area contributed by atoms with Crippen LogP contribution in [0.15, 0.2) is 35.2 Å². The number of anilines is 1. The monoisotopic (exact) mass is 352 g/mol. The van der Waals surface area contributed by atoms with Gasteiger partial charge in [-0.05, 0) is 37.5 Å². The van der Waals surface area contributed by atoms with Gasteiger partial charge < -0.3 is 10.4 Å². The van der Waals surface area contributed by atoms with E-state index < -0.39 is 10.0 Å². The van der Waals surface area contributed by atoms with E-state index >= 15 is 0 Å². The highest BCUT2D eigenvalue weighted by Gasteiger charge is 2.24. The van der Waals surface area contributed by atoms with Gasteiger partial charge in [0.1, 0.15) is 5.75 Å². The molecule has 7 heteroatoms. The maximum absolute atomic E-state index is 12.6. The van der Waals surface area contributed by atoms with Crippen molar-refractivity contribution in [3.8, 4) is 5.75 Å². The number of nitrogens with zero attached hydrogens (tertiary/aromatic N) is 1. The number of hydrogen-bond donors (Lipinski definition) is 2. The van der Waals surface area contributed by atoms with Crippen molar-refractivity contribution in [3.05, 3.63) is 30.4 Å². The lowest BCUT2D eigenvalue weighted by Gasteiger charge is -2.20. The van der Waals surface area contributed by atoms with Gasteiger partial charge in [0.25, 0.3) is 0 Å².